The second kappa shape index (κ2) is 12.0. The Morgan fingerprint density at radius 2 is 1.84 bits per heavy atom. The third-order valence-corrected chi connectivity index (χ3v) is 10.7. The zero-order valence-electron chi connectivity index (χ0n) is 25.8. The predicted octanol–water partition coefficient (Wildman–Crippen LogP) is 7.82. The normalized spacial score (nSPS) is 14.3. The van der Waals surface area contributed by atoms with Gasteiger partial charge in [0.25, 0.3) is 0 Å². The van der Waals surface area contributed by atoms with E-state index in [-0.39, 0.29) is 0 Å². The van der Waals surface area contributed by atoms with Gasteiger partial charge in [0.15, 0.2) is 0 Å². The molecule has 7 rings (SSSR count). The van der Waals surface area contributed by atoms with E-state index in [1.807, 2.05) is 42.4 Å². The van der Waals surface area contributed by atoms with Crippen molar-refractivity contribution in [3.63, 3.8) is 0 Å². The Bertz CT molecular complexity index is 2090. The van der Waals surface area contributed by atoms with E-state index in [4.69, 9.17) is 9.84 Å². The minimum Gasteiger partial charge on any atom is -0.493 e. The number of hydrogen-bond acceptors (Lipinski definition) is 6. The van der Waals surface area contributed by atoms with Crippen molar-refractivity contribution in [3.05, 3.63) is 94.2 Å². The third-order valence-electron chi connectivity index (χ3n) is 8.65. The highest BCUT2D eigenvalue weighted by Gasteiger charge is 2.26. The quantitative estimate of drug-likeness (QED) is 0.190. The number of carboxylic acid groups (broad SMARTS) is 1. The fourth-order valence-corrected chi connectivity index (χ4v) is 8.47. The molecular weight excluding hydrogens is 603 g/mol. The highest BCUT2D eigenvalue weighted by Crippen LogP contribution is 2.41. The number of fused-ring (bicyclic) bond motifs is 8. The van der Waals surface area contributed by atoms with E-state index >= 15 is 0 Å². The molecule has 0 radical (unpaired) electrons. The summed E-state index contributed by atoms with van der Waals surface area (Å²) >= 11 is 3.56. The predicted molar refractivity (Wildman–Crippen MR) is 182 cm³/mol. The Kier molecular flexibility index (Phi) is 7.87. The molecule has 6 aromatic rings. The van der Waals surface area contributed by atoms with Crippen molar-refractivity contribution in [1.29, 1.82) is 0 Å². The Hall–Kier alpha value is -4.15. The van der Waals surface area contributed by atoms with Crippen molar-refractivity contribution in [2.45, 2.75) is 48.8 Å². The smallest absolute Gasteiger partial charge is 0.352 e. The maximum Gasteiger partial charge on any atom is 0.352 e. The lowest BCUT2D eigenvalue weighted by atomic mass is 9.94. The van der Waals surface area contributed by atoms with Gasteiger partial charge in [-0.3, -0.25) is 9.78 Å². The number of nitrogens with zero attached hydrogens (tertiary/aromatic N) is 4. The van der Waals surface area contributed by atoms with Gasteiger partial charge in [0.1, 0.15) is 11.4 Å². The molecule has 0 unspecified atom stereocenters. The molecule has 1 aliphatic heterocycles. The monoisotopic (exact) mass is 637 g/mol. The summed E-state index contributed by atoms with van der Waals surface area (Å²) in [5, 5.41) is 26.3. The second-order valence-corrected chi connectivity index (χ2v) is 13.7. The maximum atomic E-state index is 12.7. The summed E-state index contributed by atoms with van der Waals surface area (Å²) in [6.45, 7) is 4.61. The molecular formula is C35H35N5O3S2. The van der Waals surface area contributed by atoms with Gasteiger partial charge in [0, 0.05) is 63.8 Å². The van der Waals surface area contributed by atoms with Crippen LogP contribution in [0.5, 0.6) is 5.75 Å². The maximum absolute atomic E-state index is 12.7. The fraction of sp³-hybridized carbons (Fsp3) is 0.286. The van der Waals surface area contributed by atoms with Crippen LogP contribution in [0.1, 0.15) is 50.8 Å². The molecule has 2 N–H and O–H groups in total. The zero-order valence-corrected chi connectivity index (χ0v) is 27.4. The summed E-state index contributed by atoms with van der Waals surface area (Å²) in [7, 11) is 3.86. The van der Waals surface area contributed by atoms with Crippen LogP contribution in [-0.4, -0.2) is 42.2 Å². The number of benzene rings is 3. The largest absolute Gasteiger partial charge is 0.493 e. The van der Waals surface area contributed by atoms with Crippen molar-refractivity contribution in [2.24, 2.45) is 14.1 Å². The first-order valence-corrected chi connectivity index (χ1v) is 17.2. The van der Waals surface area contributed by atoms with Gasteiger partial charge in [-0.15, -0.1) is 23.5 Å². The van der Waals surface area contributed by atoms with Crippen LogP contribution in [0.15, 0.2) is 59.5 Å². The number of aryl methyl sites for hydroxylation is 5. The van der Waals surface area contributed by atoms with Crippen LogP contribution >= 0.6 is 23.5 Å². The average Bonchev–Trinajstić information content (AvgIpc) is 3.67. The molecule has 0 aliphatic carbocycles. The van der Waals surface area contributed by atoms with Gasteiger partial charge < -0.3 is 14.4 Å². The summed E-state index contributed by atoms with van der Waals surface area (Å²) in [6, 6.07) is 18.9. The summed E-state index contributed by atoms with van der Waals surface area (Å²) in [4.78, 5) is 13.9. The molecule has 0 spiro atoms. The fourth-order valence-electron chi connectivity index (χ4n) is 6.62. The Balaban J connectivity index is 1.35. The standard InChI is InChI=1S/C35H35N5O3S2/c1-20-11-12-28-27-10-7-13-43-30-16-25(14-22-8-5-6-9-26(22)30)45-18-24-15-23(36-37-24)17-44-19-29-32(21(2)38-40(29)4)31(20)33(28)39(3)34(27)35(41)42/h5-6,8-9,11-12,14-16H,7,10,13,17-19H2,1-4H3,(H,36,37)(H,41,42). The SMILES string of the molecule is Cc1ccc2c3c(C(=O)O)n(C)c2c1-c1c(C)nn(C)c1CSCc1cc([nH]n1)CSc1cc(c2ccccc2c1)OCCC3. The van der Waals surface area contributed by atoms with Gasteiger partial charge in [-0.05, 0) is 61.4 Å². The zero-order chi connectivity index (χ0) is 31.2. The summed E-state index contributed by atoms with van der Waals surface area (Å²) < 4.78 is 10.3. The minimum atomic E-state index is -0.921. The van der Waals surface area contributed by atoms with E-state index in [0.717, 1.165) is 94.6 Å². The Morgan fingerprint density at radius 1 is 1.00 bits per heavy atom. The number of hydrogen-bond donors (Lipinski definition) is 2. The van der Waals surface area contributed by atoms with Crippen molar-refractivity contribution in [2.75, 3.05) is 6.61 Å². The lowest BCUT2D eigenvalue weighted by Gasteiger charge is -2.13. The second-order valence-electron chi connectivity index (χ2n) is 11.6. The van der Waals surface area contributed by atoms with Crippen LogP contribution in [0, 0.1) is 13.8 Å². The van der Waals surface area contributed by atoms with Crippen LogP contribution in [-0.2, 0) is 37.8 Å². The number of carboxylic acids is 1. The van der Waals surface area contributed by atoms with E-state index in [2.05, 4.69) is 59.6 Å². The minimum absolute atomic E-state index is 0.328. The summed E-state index contributed by atoms with van der Waals surface area (Å²) in [5.41, 5.74) is 9.48. The van der Waals surface area contributed by atoms with E-state index in [1.165, 1.54) is 0 Å². The first-order valence-electron chi connectivity index (χ1n) is 15.1. The molecule has 4 heterocycles. The molecule has 0 atom stereocenters. The Morgan fingerprint density at radius 3 is 2.69 bits per heavy atom. The molecule has 0 amide bonds. The van der Waals surface area contributed by atoms with Crippen molar-refractivity contribution >= 4 is 51.2 Å². The lowest BCUT2D eigenvalue weighted by Crippen LogP contribution is -2.09. The molecule has 8 nitrogen and oxygen atoms in total. The van der Waals surface area contributed by atoms with Gasteiger partial charge in [-0.1, -0.05) is 36.4 Å². The number of ether oxygens (including phenoxy) is 1. The topological polar surface area (TPSA) is 98.0 Å². The highest BCUT2D eigenvalue weighted by atomic mass is 32.2. The molecule has 45 heavy (non-hydrogen) atoms. The number of carbonyl (C=O) groups is 1. The Labute approximate surface area is 270 Å². The number of nitrogens with one attached hydrogen (secondary N) is 1. The average molecular weight is 638 g/mol. The number of aromatic nitrogens is 5. The molecule has 0 saturated heterocycles. The van der Waals surface area contributed by atoms with Gasteiger partial charge in [-0.25, -0.2) is 4.79 Å². The van der Waals surface area contributed by atoms with E-state index in [9.17, 15) is 9.90 Å². The summed E-state index contributed by atoms with van der Waals surface area (Å²) in [6.07, 6.45) is 1.27. The van der Waals surface area contributed by atoms with Crippen molar-refractivity contribution in [3.8, 4) is 16.9 Å². The van der Waals surface area contributed by atoms with E-state index in [1.54, 1.807) is 23.5 Å². The van der Waals surface area contributed by atoms with Gasteiger partial charge in [0.2, 0.25) is 0 Å². The molecule has 0 fully saturated rings. The lowest BCUT2D eigenvalue weighted by molar-refractivity contribution is 0.0685. The van der Waals surface area contributed by atoms with E-state index < -0.39 is 5.97 Å². The summed E-state index contributed by atoms with van der Waals surface area (Å²) in [5.74, 6) is 2.21. The molecule has 10 heteroatoms. The van der Waals surface area contributed by atoms with Crippen LogP contribution in [0.3, 0.4) is 0 Å². The van der Waals surface area contributed by atoms with Crippen LogP contribution in [0.2, 0.25) is 0 Å². The van der Waals surface area contributed by atoms with Gasteiger partial charge in [0.05, 0.1) is 29.2 Å². The van der Waals surface area contributed by atoms with Gasteiger partial charge >= 0.3 is 5.97 Å². The molecule has 3 aromatic heterocycles. The molecule has 0 saturated carbocycles. The first kappa shape index (κ1) is 29.6. The van der Waals surface area contributed by atoms with Crippen LogP contribution in [0.4, 0.5) is 0 Å². The van der Waals surface area contributed by atoms with Crippen LogP contribution in [0.25, 0.3) is 32.8 Å². The van der Waals surface area contributed by atoms with E-state index in [0.29, 0.717) is 25.1 Å². The number of aromatic amines is 1. The van der Waals surface area contributed by atoms with Crippen molar-refractivity contribution in [1.82, 2.24) is 24.5 Å². The molecule has 8 bridgehead atoms. The van der Waals surface area contributed by atoms with Crippen LogP contribution < -0.4 is 4.74 Å². The number of aromatic carboxylic acids is 1. The third kappa shape index (κ3) is 5.40. The van der Waals surface area contributed by atoms with Gasteiger partial charge in [-0.2, -0.15) is 10.2 Å². The first-order chi connectivity index (χ1) is 21.8. The van der Waals surface area contributed by atoms with Crippen molar-refractivity contribution < 1.29 is 14.6 Å². The highest BCUT2D eigenvalue weighted by molar-refractivity contribution is 7.98. The number of H-pyrrole nitrogens is 1. The number of rotatable bonds is 1. The number of thioether (sulfide) groups is 2. The molecule has 230 valence electrons. The molecule has 3 aromatic carbocycles. The molecule has 1 aliphatic rings.